The Kier molecular flexibility index (Phi) is 9.70. The molecule has 1 amide bonds. The molecule has 0 spiro atoms. The van der Waals surface area contributed by atoms with Gasteiger partial charge in [-0.2, -0.15) is 0 Å². The molecule has 2 N–H and O–H groups in total. The topological polar surface area (TPSA) is 88.6 Å². The number of anilines is 3. The van der Waals surface area contributed by atoms with Crippen molar-refractivity contribution < 1.29 is 14.3 Å². The zero-order valence-electron chi connectivity index (χ0n) is 24.6. The molecule has 1 saturated heterocycles. The van der Waals surface area contributed by atoms with E-state index in [1.54, 1.807) is 26.5 Å². The molecule has 1 aliphatic heterocycles. The minimum Gasteiger partial charge on any atom is -0.495 e. The fourth-order valence-electron chi connectivity index (χ4n) is 5.47. The number of nitrogens with zero attached hydrogens (tertiary/aromatic N) is 3. The van der Waals surface area contributed by atoms with E-state index in [1.165, 1.54) is 37.6 Å². The highest BCUT2D eigenvalue weighted by Crippen LogP contribution is 2.46. The van der Waals surface area contributed by atoms with Crippen molar-refractivity contribution in [3.05, 3.63) is 76.4 Å². The van der Waals surface area contributed by atoms with Crippen molar-refractivity contribution in [1.29, 1.82) is 0 Å². The van der Waals surface area contributed by atoms with E-state index >= 15 is 0 Å². The minimum absolute atomic E-state index is 0.282. The van der Waals surface area contributed by atoms with Gasteiger partial charge in [-0.25, -0.2) is 9.97 Å². The highest BCUT2D eigenvalue weighted by Gasteiger charge is 2.20. The van der Waals surface area contributed by atoms with Gasteiger partial charge < -0.3 is 25.0 Å². The Morgan fingerprint density at radius 2 is 1.79 bits per heavy atom. The van der Waals surface area contributed by atoms with Crippen molar-refractivity contribution >= 4 is 57.3 Å². The average molecular weight is 621 g/mol. The molecule has 224 valence electrons. The third kappa shape index (κ3) is 6.88. The average Bonchev–Trinajstić information content (AvgIpc) is 3.52. The van der Waals surface area contributed by atoms with Crippen LogP contribution in [0.25, 0.3) is 22.0 Å². The van der Waals surface area contributed by atoms with Gasteiger partial charge in [-0.05, 0) is 93.2 Å². The van der Waals surface area contributed by atoms with E-state index in [1.807, 2.05) is 31.2 Å². The predicted molar refractivity (Wildman–Crippen MR) is 175 cm³/mol. The molecule has 43 heavy (non-hydrogen) atoms. The van der Waals surface area contributed by atoms with Crippen LogP contribution in [0.2, 0.25) is 10.0 Å². The first-order valence-electron chi connectivity index (χ1n) is 14.2. The maximum Gasteiger partial charge on any atom is 0.247 e. The third-order valence-electron chi connectivity index (χ3n) is 7.66. The Morgan fingerprint density at radius 1 is 1.07 bits per heavy atom. The first-order valence-corrected chi connectivity index (χ1v) is 15.0. The molecule has 1 aromatic heterocycles. The fourth-order valence-corrected chi connectivity index (χ4v) is 6.19. The highest BCUT2D eigenvalue weighted by molar-refractivity contribution is 6.41. The Hall–Kier alpha value is -3.85. The van der Waals surface area contributed by atoms with E-state index < -0.39 is 0 Å². The number of aromatic nitrogens is 2. The van der Waals surface area contributed by atoms with Crippen LogP contribution in [0.1, 0.15) is 30.4 Å². The monoisotopic (exact) mass is 619 g/mol. The minimum atomic E-state index is -0.282. The Balaban J connectivity index is 1.42. The molecule has 1 aliphatic rings. The van der Waals surface area contributed by atoms with Crippen molar-refractivity contribution in [2.45, 2.75) is 32.6 Å². The quantitative estimate of drug-likeness (QED) is 0.165. The number of carbonyl (C=O) groups is 1. The number of carbonyl (C=O) groups excluding carboxylic acids is 1. The van der Waals surface area contributed by atoms with Gasteiger partial charge in [0, 0.05) is 23.2 Å². The van der Waals surface area contributed by atoms with Crippen molar-refractivity contribution in [2.75, 3.05) is 44.5 Å². The summed E-state index contributed by atoms with van der Waals surface area (Å²) in [6, 6.07) is 11.5. The standard InChI is InChI=1S/C33H35Cl2N5O3/c1-5-28(41)37-25-16-21(9-8-14-40-12-6-7-13-40)15-20(2)32(25)39-33-36-19-23-17-22(10-11-24(23)38-33)29-30(34)26(42-3)18-27(43-4)31(29)35/h5,10-11,15-19H,1,6-9,12-14H2,2-4H3,(H,37,41)(H,36,38,39). The Bertz CT molecular complexity index is 1640. The van der Waals surface area contributed by atoms with Crippen LogP contribution in [0.4, 0.5) is 17.3 Å². The number of methoxy groups -OCH3 is 2. The summed E-state index contributed by atoms with van der Waals surface area (Å²) in [5, 5.41) is 7.85. The smallest absolute Gasteiger partial charge is 0.247 e. The summed E-state index contributed by atoms with van der Waals surface area (Å²) in [4.78, 5) is 24.1. The lowest BCUT2D eigenvalue weighted by Gasteiger charge is -2.18. The highest BCUT2D eigenvalue weighted by atomic mass is 35.5. The first-order chi connectivity index (χ1) is 20.8. The summed E-state index contributed by atoms with van der Waals surface area (Å²) in [5.74, 6) is 1.04. The van der Waals surface area contributed by atoms with Gasteiger partial charge in [0.1, 0.15) is 11.5 Å². The summed E-state index contributed by atoms with van der Waals surface area (Å²) < 4.78 is 10.9. The van der Waals surface area contributed by atoms with Crippen molar-refractivity contribution in [2.24, 2.45) is 0 Å². The van der Waals surface area contributed by atoms with Crippen LogP contribution >= 0.6 is 23.2 Å². The lowest BCUT2D eigenvalue weighted by molar-refractivity contribution is -0.111. The molecular formula is C33H35Cl2N5O3. The molecule has 0 atom stereocenters. The van der Waals surface area contributed by atoms with Crippen LogP contribution in [0.15, 0.2) is 55.3 Å². The summed E-state index contributed by atoms with van der Waals surface area (Å²) in [5.41, 5.74) is 5.63. The molecule has 0 saturated carbocycles. The largest absolute Gasteiger partial charge is 0.495 e. The zero-order chi connectivity index (χ0) is 30.5. The number of benzene rings is 3. The van der Waals surface area contributed by atoms with E-state index in [0.29, 0.717) is 38.7 Å². The van der Waals surface area contributed by atoms with Crippen LogP contribution in [0.3, 0.4) is 0 Å². The number of fused-ring (bicyclic) bond motifs is 1. The van der Waals surface area contributed by atoms with E-state index in [0.717, 1.165) is 47.1 Å². The van der Waals surface area contributed by atoms with E-state index in [4.69, 9.17) is 37.7 Å². The second kappa shape index (κ2) is 13.6. The van der Waals surface area contributed by atoms with Gasteiger partial charge >= 0.3 is 0 Å². The molecule has 10 heteroatoms. The van der Waals surface area contributed by atoms with Crippen molar-refractivity contribution in [3.8, 4) is 22.6 Å². The maximum absolute atomic E-state index is 12.3. The van der Waals surface area contributed by atoms with E-state index in [2.05, 4.69) is 33.2 Å². The lowest BCUT2D eigenvalue weighted by Crippen LogP contribution is -2.20. The van der Waals surface area contributed by atoms with Gasteiger partial charge in [-0.1, -0.05) is 41.9 Å². The number of nitrogens with one attached hydrogen (secondary N) is 2. The number of amides is 1. The molecule has 5 rings (SSSR count). The Labute approximate surface area is 262 Å². The number of rotatable bonds is 11. The molecule has 0 aliphatic carbocycles. The number of aryl methyl sites for hydroxylation is 2. The van der Waals surface area contributed by atoms with E-state index in [9.17, 15) is 4.79 Å². The summed E-state index contributed by atoms with van der Waals surface area (Å²) in [7, 11) is 3.08. The van der Waals surface area contributed by atoms with Crippen LogP contribution in [0, 0.1) is 6.92 Å². The molecule has 0 radical (unpaired) electrons. The molecule has 3 aromatic carbocycles. The van der Waals surface area contributed by atoms with Gasteiger partial charge in [0.15, 0.2) is 0 Å². The number of hydrogen-bond acceptors (Lipinski definition) is 7. The van der Waals surface area contributed by atoms with Crippen LogP contribution < -0.4 is 20.1 Å². The summed E-state index contributed by atoms with van der Waals surface area (Å²) in [6.07, 6.45) is 7.56. The summed E-state index contributed by atoms with van der Waals surface area (Å²) in [6.45, 7) is 9.08. The molecule has 1 fully saturated rings. The van der Waals surface area contributed by atoms with Gasteiger partial charge in [0.05, 0.1) is 41.2 Å². The molecule has 4 aromatic rings. The third-order valence-corrected chi connectivity index (χ3v) is 8.41. The zero-order valence-corrected chi connectivity index (χ0v) is 26.1. The molecule has 0 bridgehead atoms. The predicted octanol–water partition coefficient (Wildman–Crippen LogP) is 7.83. The molecule has 8 nitrogen and oxygen atoms in total. The second-order valence-electron chi connectivity index (χ2n) is 10.6. The van der Waals surface area contributed by atoms with Crippen LogP contribution in [0.5, 0.6) is 11.5 Å². The van der Waals surface area contributed by atoms with Gasteiger partial charge in [0.25, 0.3) is 0 Å². The summed E-state index contributed by atoms with van der Waals surface area (Å²) >= 11 is 13.3. The number of likely N-dealkylation sites (tertiary alicyclic amines) is 1. The number of halogens is 2. The SMILES string of the molecule is C=CC(=O)Nc1cc(CCCN2CCCC2)cc(C)c1Nc1ncc2cc(-c3c(Cl)c(OC)cc(OC)c3Cl)ccc2n1. The fraction of sp³-hybridized carbons (Fsp3) is 0.303. The first kappa shape index (κ1) is 30.6. The van der Waals surface area contributed by atoms with Crippen molar-refractivity contribution in [1.82, 2.24) is 14.9 Å². The van der Waals surface area contributed by atoms with Gasteiger partial charge in [-0.3, -0.25) is 4.79 Å². The number of ether oxygens (including phenoxy) is 2. The molecular weight excluding hydrogens is 585 g/mol. The van der Waals surface area contributed by atoms with E-state index in [-0.39, 0.29) is 5.91 Å². The van der Waals surface area contributed by atoms with Gasteiger partial charge in [-0.15, -0.1) is 0 Å². The number of hydrogen-bond donors (Lipinski definition) is 2. The van der Waals surface area contributed by atoms with Gasteiger partial charge in [0.2, 0.25) is 11.9 Å². The van der Waals surface area contributed by atoms with Crippen molar-refractivity contribution in [3.63, 3.8) is 0 Å². The molecule has 0 unspecified atom stereocenters. The molecule has 2 heterocycles. The second-order valence-corrected chi connectivity index (χ2v) is 11.3. The maximum atomic E-state index is 12.3. The Morgan fingerprint density at radius 3 is 2.47 bits per heavy atom. The lowest BCUT2D eigenvalue weighted by atomic mass is 10.0. The van der Waals surface area contributed by atoms with Crippen LogP contribution in [-0.2, 0) is 11.2 Å². The van der Waals surface area contributed by atoms with Crippen LogP contribution in [-0.4, -0.2) is 54.6 Å². The normalized spacial score (nSPS) is 13.2.